The van der Waals surface area contributed by atoms with Crippen molar-refractivity contribution in [2.24, 2.45) is 0 Å². The molecule has 0 aliphatic heterocycles. The molecule has 0 saturated heterocycles. The number of hydrogen-bond donors (Lipinski definition) is 3. The maximum absolute atomic E-state index is 8.60. The van der Waals surface area contributed by atoms with Crippen molar-refractivity contribution in [1.82, 2.24) is 5.32 Å². The van der Waals surface area contributed by atoms with Crippen molar-refractivity contribution in [2.75, 3.05) is 31.1 Å². The number of nitrogens with zero attached hydrogens (tertiary/aromatic N) is 1. The molecule has 0 unspecified atom stereocenters. The summed E-state index contributed by atoms with van der Waals surface area (Å²) in [6, 6.07) is 10.8. The van der Waals surface area contributed by atoms with Crippen LogP contribution in [0.3, 0.4) is 0 Å². The molecule has 3 N–H and O–H groups in total. The Labute approximate surface area is 209 Å². The van der Waals surface area contributed by atoms with Crippen molar-refractivity contribution in [3.63, 3.8) is 0 Å². The molecule has 1 rings (SSSR count). The van der Waals surface area contributed by atoms with E-state index in [4.69, 9.17) is 37.3 Å². The van der Waals surface area contributed by atoms with Gasteiger partial charge in [-0.15, -0.1) is 0 Å². The first-order valence-electron chi connectivity index (χ1n) is 11.6. The van der Waals surface area contributed by atoms with Gasteiger partial charge in [0.2, 0.25) is 0 Å². The van der Waals surface area contributed by atoms with Crippen LogP contribution in [0.15, 0.2) is 30.3 Å². The summed E-state index contributed by atoms with van der Waals surface area (Å²) in [6.07, 6.45) is 10.4. The minimum atomic E-state index is -4.69. The third kappa shape index (κ3) is 44.8. The number of halogens is 2. The normalized spacial score (nSPS) is 10.7. The number of anilines is 1. The van der Waals surface area contributed by atoms with Gasteiger partial charge in [0.05, 0.1) is 29.8 Å². The number of unbranched alkanes of at least 4 members (excludes halogenated alkanes) is 4. The molecule has 34 heavy (non-hydrogen) atoms. The van der Waals surface area contributed by atoms with Gasteiger partial charge in [0.15, 0.2) is 0 Å². The summed E-state index contributed by atoms with van der Waals surface area (Å²) in [7, 11) is -9.39. The second-order valence-electron chi connectivity index (χ2n) is 7.28. The van der Waals surface area contributed by atoms with Crippen LogP contribution in [0.5, 0.6) is 0 Å². The lowest BCUT2D eigenvalue weighted by Gasteiger charge is -2.24. The van der Waals surface area contributed by atoms with Gasteiger partial charge in [-0.05, 0) is 50.9 Å². The average molecular weight is 536 g/mol. The van der Waals surface area contributed by atoms with Crippen molar-refractivity contribution in [2.45, 2.75) is 79.1 Å². The third-order valence-corrected chi connectivity index (χ3v) is 4.10. The number of nitrogens with one attached hydrogen (secondary N) is 1. The topological polar surface area (TPSA) is 194 Å². The van der Waals surface area contributed by atoms with E-state index in [0.717, 1.165) is 0 Å². The molecule has 10 nitrogen and oxygen atoms in total. The SMILES string of the molecule is CCCCN(CCCC)c1ccccc1.CCCCNCCCC.[O-][Cl+3]([O-])([O-])O.[O-][Cl+3]([O-])([O-])O. The minimum absolute atomic E-state index is 1.19. The molecule has 0 spiro atoms. The average Bonchev–Trinajstić information content (AvgIpc) is 2.73. The highest BCUT2D eigenvalue weighted by atomic mass is 35.7. The monoisotopic (exact) mass is 534 g/mol. The van der Waals surface area contributed by atoms with E-state index in [1.54, 1.807) is 0 Å². The standard InChI is InChI=1S/C14H23N.C8H19N.2ClHO4/c1-3-5-12-15(13-6-4-2)14-10-8-7-9-11-14;1-3-5-7-9-8-6-4-2;2*2-1(3,4)5/h7-11H,3-6,12-13H2,1-2H3;9H,3-8H2,1-2H3;2*(H,2,3,4,5). The van der Waals surface area contributed by atoms with Crippen LogP contribution in [0, 0.1) is 20.5 Å². The summed E-state index contributed by atoms with van der Waals surface area (Å²) in [5, 5.41) is 3.39. The quantitative estimate of drug-likeness (QED) is 0.238. The van der Waals surface area contributed by atoms with Crippen molar-refractivity contribution in [3.05, 3.63) is 30.3 Å². The molecule has 0 bridgehead atoms. The van der Waals surface area contributed by atoms with Gasteiger partial charge in [-0.25, -0.2) is 0 Å². The molecule has 1 aromatic rings. The molecular weight excluding hydrogens is 491 g/mol. The predicted octanol–water partition coefficient (Wildman–Crippen LogP) is -1.98. The van der Waals surface area contributed by atoms with Gasteiger partial charge < -0.3 is 10.2 Å². The van der Waals surface area contributed by atoms with Gasteiger partial charge in [0.1, 0.15) is 0 Å². The molecule has 0 saturated carbocycles. The Hall–Kier alpha value is -0.760. The largest absolute Gasteiger partial charge is 0.372 e. The maximum atomic E-state index is 8.60. The van der Waals surface area contributed by atoms with Gasteiger partial charge in [-0.3, -0.25) is 0 Å². The highest BCUT2D eigenvalue weighted by molar-refractivity contribution is 5.45. The fraction of sp³-hybridized carbons (Fsp3) is 0.727. The van der Waals surface area contributed by atoms with Crippen molar-refractivity contribution < 1.29 is 57.8 Å². The Morgan fingerprint density at radius 3 is 1.26 bits per heavy atom. The number of para-hydroxylation sites is 1. The van der Waals surface area contributed by atoms with Crippen LogP contribution in [-0.2, 0) is 0 Å². The van der Waals surface area contributed by atoms with Crippen LogP contribution in [0.1, 0.15) is 79.1 Å². The van der Waals surface area contributed by atoms with E-state index in [1.807, 2.05) is 0 Å². The Morgan fingerprint density at radius 1 is 0.647 bits per heavy atom. The lowest BCUT2D eigenvalue weighted by Crippen LogP contribution is -2.58. The zero-order valence-electron chi connectivity index (χ0n) is 20.9. The summed E-state index contributed by atoms with van der Waals surface area (Å²) < 4.78 is 65.4. The van der Waals surface area contributed by atoms with Gasteiger partial charge in [-0.2, -0.15) is 28.0 Å². The van der Waals surface area contributed by atoms with Crippen molar-refractivity contribution in [3.8, 4) is 0 Å². The molecule has 0 atom stereocenters. The van der Waals surface area contributed by atoms with E-state index < -0.39 is 20.5 Å². The van der Waals surface area contributed by atoms with Crippen LogP contribution >= 0.6 is 0 Å². The molecule has 0 aromatic heterocycles. The van der Waals surface area contributed by atoms with Gasteiger partial charge in [-0.1, -0.05) is 71.6 Å². The first kappa shape index (κ1) is 37.8. The number of rotatable bonds is 13. The van der Waals surface area contributed by atoms with Crippen LogP contribution in [0.25, 0.3) is 0 Å². The Kier molecular flexibility index (Phi) is 28.2. The fourth-order valence-corrected chi connectivity index (χ4v) is 2.44. The summed E-state index contributed by atoms with van der Waals surface area (Å²) >= 11 is 0. The molecule has 0 aliphatic carbocycles. The summed E-state index contributed by atoms with van der Waals surface area (Å²) in [4.78, 5) is 2.51. The summed E-state index contributed by atoms with van der Waals surface area (Å²) in [5.41, 5.74) is 1.37. The zero-order valence-corrected chi connectivity index (χ0v) is 22.4. The van der Waals surface area contributed by atoms with E-state index in [2.05, 4.69) is 68.2 Å². The van der Waals surface area contributed by atoms with Gasteiger partial charge >= 0.3 is 0 Å². The molecule has 0 heterocycles. The van der Waals surface area contributed by atoms with E-state index in [-0.39, 0.29) is 0 Å². The lowest BCUT2D eigenvalue weighted by molar-refractivity contribution is -1.92. The fourth-order valence-electron chi connectivity index (χ4n) is 2.44. The number of benzene rings is 1. The molecule has 0 radical (unpaired) electrons. The molecule has 1 aromatic carbocycles. The third-order valence-electron chi connectivity index (χ3n) is 4.10. The maximum Gasteiger partial charge on any atom is 0.0777 e. The number of hydrogen-bond acceptors (Lipinski definition) is 10. The molecule has 12 heteroatoms. The highest BCUT2D eigenvalue weighted by Crippen LogP contribution is 2.14. The van der Waals surface area contributed by atoms with E-state index in [9.17, 15) is 0 Å². The smallest absolute Gasteiger partial charge is 0.0777 e. The first-order chi connectivity index (χ1) is 15.8. The lowest BCUT2D eigenvalue weighted by atomic mass is 10.2. The Bertz CT molecular complexity index is 480. The van der Waals surface area contributed by atoms with Crippen LogP contribution in [0.4, 0.5) is 5.69 Å². The second-order valence-corrected chi connectivity index (χ2v) is 8.86. The van der Waals surface area contributed by atoms with E-state index >= 15 is 0 Å². The second kappa shape index (κ2) is 25.3. The first-order valence-corrected chi connectivity index (χ1v) is 14.1. The van der Waals surface area contributed by atoms with Crippen LogP contribution in [0.2, 0.25) is 0 Å². The highest BCUT2D eigenvalue weighted by Gasteiger charge is 2.03. The van der Waals surface area contributed by atoms with Crippen LogP contribution < -0.4 is 38.2 Å². The Balaban J connectivity index is -0.000000429. The molecule has 0 aliphatic rings. The van der Waals surface area contributed by atoms with E-state index in [1.165, 1.54) is 83.2 Å². The van der Waals surface area contributed by atoms with Crippen molar-refractivity contribution >= 4 is 5.69 Å². The van der Waals surface area contributed by atoms with Crippen molar-refractivity contribution in [1.29, 1.82) is 0 Å². The summed E-state index contributed by atoms with van der Waals surface area (Å²) in [5.74, 6) is 0. The predicted molar refractivity (Wildman–Crippen MR) is 116 cm³/mol. The van der Waals surface area contributed by atoms with E-state index in [0.29, 0.717) is 0 Å². The molecular formula is C22H44Cl2N2O8. The van der Waals surface area contributed by atoms with Gasteiger partial charge in [0.25, 0.3) is 0 Å². The van der Waals surface area contributed by atoms with Gasteiger partial charge in [0, 0.05) is 18.8 Å². The molecule has 0 fully saturated rings. The minimum Gasteiger partial charge on any atom is -0.372 e. The van der Waals surface area contributed by atoms with Crippen LogP contribution in [-0.4, -0.2) is 35.5 Å². The zero-order chi connectivity index (χ0) is 26.9. The Morgan fingerprint density at radius 2 is 0.971 bits per heavy atom. The molecule has 0 amide bonds. The molecule has 204 valence electrons. The summed E-state index contributed by atoms with van der Waals surface area (Å²) in [6.45, 7) is 13.8.